The Morgan fingerprint density at radius 2 is 0.762 bits per heavy atom. The standard InChI is InChI=1S/C42H28/c1-2-13-30(14-3-1)35-16-6-7-17-36(35)31-23-25-32(26-24-31)41-37-18-8-10-20-39(37)42(40-21-11-9-19-38(40)41)34-27-22-29-12-4-5-15-33(29)28-34/h1-28H/i1D,2D,3D,4D,5D,6D,7D,8D,9D,10D,11D,12D,13D,14D,15D,16D,17D,22D,23D,24D. The first-order valence-corrected chi connectivity index (χ1v) is 12.9. The van der Waals surface area contributed by atoms with Gasteiger partial charge in [-0.2, -0.15) is 0 Å². The topological polar surface area (TPSA) is 0 Å². The van der Waals surface area contributed by atoms with Gasteiger partial charge in [-0.1, -0.05) is 163 Å². The van der Waals surface area contributed by atoms with Gasteiger partial charge in [-0.3, -0.25) is 0 Å². The molecule has 0 bridgehead atoms. The lowest BCUT2D eigenvalue weighted by atomic mass is 9.85. The lowest BCUT2D eigenvalue weighted by Gasteiger charge is -2.18. The molecule has 0 nitrogen and oxygen atoms in total. The molecular weight excluding hydrogens is 504 g/mol. The third-order valence-corrected chi connectivity index (χ3v) is 7.09. The molecule has 0 saturated carbocycles. The zero-order valence-corrected chi connectivity index (χ0v) is 21.6. The average Bonchev–Trinajstić information content (AvgIpc) is 3.22. The van der Waals surface area contributed by atoms with E-state index >= 15 is 0 Å². The van der Waals surface area contributed by atoms with Gasteiger partial charge < -0.3 is 0 Å². The van der Waals surface area contributed by atoms with Crippen LogP contribution in [0.5, 0.6) is 0 Å². The molecule has 0 atom stereocenters. The lowest BCUT2D eigenvalue weighted by molar-refractivity contribution is 1.58. The Morgan fingerprint density at radius 3 is 1.36 bits per heavy atom. The van der Waals surface area contributed by atoms with Gasteiger partial charge in [0.15, 0.2) is 0 Å². The molecule has 0 N–H and O–H groups in total. The number of benzene rings is 8. The maximum atomic E-state index is 9.34. The van der Waals surface area contributed by atoms with Crippen LogP contribution in [0.1, 0.15) is 27.4 Å². The first-order valence-electron chi connectivity index (χ1n) is 22.9. The molecule has 0 aromatic heterocycles. The average molecular weight is 553 g/mol. The highest BCUT2D eigenvalue weighted by molar-refractivity contribution is 6.21. The van der Waals surface area contributed by atoms with Crippen LogP contribution in [0.2, 0.25) is 0 Å². The van der Waals surface area contributed by atoms with Gasteiger partial charge in [-0.25, -0.2) is 0 Å². The summed E-state index contributed by atoms with van der Waals surface area (Å²) in [4.78, 5) is 0. The summed E-state index contributed by atoms with van der Waals surface area (Å²) in [6, 6.07) is 0.112. The normalized spacial score (nSPS) is 18.0. The van der Waals surface area contributed by atoms with Gasteiger partial charge >= 0.3 is 0 Å². The molecule has 196 valence electrons. The van der Waals surface area contributed by atoms with Crippen LogP contribution >= 0.6 is 0 Å². The predicted molar refractivity (Wildman–Crippen MR) is 181 cm³/mol. The quantitative estimate of drug-likeness (QED) is 0.190. The monoisotopic (exact) mass is 552 g/mol. The molecule has 0 spiro atoms. The first-order chi connectivity index (χ1) is 29.1. The summed E-state index contributed by atoms with van der Waals surface area (Å²) >= 11 is 0. The first kappa shape index (κ1) is 11.4. The predicted octanol–water partition coefficient (Wildman–Crippen LogP) is 11.8. The van der Waals surface area contributed by atoms with Crippen molar-refractivity contribution >= 4 is 32.3 Å². The van der Waals surface area contributed by atoms with Gasteiger partial charge in [0.1, 0.15) is 0 Å². The molecule has 8 aromatic carbocycles. The number of hydrogen-bond acceptors (Lipinski definition) is 0. The zero-order chi connectivity index (χ0) is 45.3. The van der Waals surface area contributed by atoms with E-state index in [1.54, 1.807) is 0 Å². The molecule has 0 aliphatic rings. The van der Waals surface area contributed by atoms with Crippen LogP contribution in [0.3, 0.4) is 0 Å². The van der Waals surface area contributed by atoms with Gasteiger partial charge in [-0.15, -0.1) is 0 Å². The van der Waals surface area contributed by atoms with Crippen molar-refractivity contribution in [3.8, 4) is 44.5 Å². The van der Waals surface area contributed by atoms with Gasteiger partial charge in [0, 0.05) is 0 Å². The lowest BCUT2D eigenvalue weighted by Crippen LogP contribution is -1.91. The largest absolute Gasteiger partial charge is 0.0629 e. The summed E-state index contributed by atoms with van der Waals surface area (Å²) in [7, 11) is 0. The van der Waals surface area contributed by atoms with Crippen molar-refractivity contribution in [1.82, 2.24) is 0 Å². The van der Waals surface area contributed by atoms with Crippen LogP contribution in [0, 0.1) is 0 Å². The Balaban J connectivity index is 1.49. The molecule has 0 aliphatic carbocycles. The van der Waals surface area contributed by atoms with E-state index in [4.69, 9.17) is 24.7 Å². The molecule has 0 saturated heterocycles. The van der Waals surface area contributed by atoms with Crippen molar-refractivity contribution < 1.29 is 27.4 Å². The molecule has 0 amide bonds. The van der Waals surface area contributed by atoms with Crippen LogP contribution in [0.25, 0.3) is 76.8 Å². The van der Waals surface area contributed by atoms with Crippen molar-refractivity contribution in [2.75, 3.05) is 0 Å². The SMILES string of the molecule is [2H]c1cc2c(-c3cc([2H])c(-c4c([2H])c([2H])c([2H])c([2H])c4-c4c([2H])c([2H])c([2H])c([2H])c4[2H])c([2H])c3)c3cc([2H])c([2H])cc3c(-c3cc([2H])c4c([2H])c([2H])c([2H])c([2H])c4c3)c2cc1[2H]. The fourth-order valence-corrected chi connectivity index (χ4v) is 5.28. The minimum absolute atomic E-state index is 0.0294. The molecular formula is C42H28. The van der Waals surface area contributed by atoms with Crippen LogP contribution in [-0.4, -0.2) is 0 Å². The van der Waals surface area contributed by atoms with Crippen molar-refractivity contribution in [3.05, 3.63) is 169 Å². The Labute approximate surface area is 274 Å². The minimum atomic E-state index is -0.780. The maximum Gasteiger partial charge on any atom is 0.0629 e. The Bertz CT molecular complexity index is 3230. The van der Waals surface area contributed by atoms with E-state index in [-0.39, 0.29) is 84.8 Å². The van der Waals surface area contributed by atoms with Crippen molar-refractivity contribution in [3.63, 3.8) is 0 Å². The van der Waals surface area contributed by atoms with Crippen molar-refractivity contribution in [2.45, 2.75) is 0 Å². The summed E-state index contributed by atoms with van der Waals surface area (Å²) in [6.45, 7) is 0. The highest BCUT2D eigenvalue weighted by Crippen LogP contribution is 2.44. The Hall–Kier alpha value is -5.46. The van der Waals surface area contributed by atoms with Gasteiger partial charge in [0.2, 0.25) is 0 Å². The highest BCUT2D eigenvalue weighted by Gasteiger charge is 2.17. The Morgan fingerprint density at radius 1 is 0.310 bits per heavy atom. The van der Waals surface area contributed by atoms with Crippen LogP contribution < -0.4 is 0 Å². The minimum Gasteiger partial charge on any atom is -0.0622 e. The van der Waals surface area contributed by atoms with Crippen LogP contribution in [-0.2, 0) is 0 Å². The molecule has 8 rings (SSSR count). The smallest absolute Gasteiger partial charge is 0.0622 e. The molecule has 42 heavy (non-hydrogen) atoms. The summed E-state index contributed by atoms with van der Waals surface area (Å²) < 4.78 is 172. The van der Waals surface area contributed by atoms with E-state index in [0.29, 0.717) is 5.56 Å². The van der Waals surface area contributed by atoms with Crippen molar-refractivity contribution in [1.29, 1.82) is 0 Å². The second-order valence-corrected chi connectivity index (χ2v) is 9.39. The summed E-state index contributed by atoms with van der Waals surface area (Å²) in [5.74, 6) is 0. The fraction of sp³-hybridized carbons (Fsp3) is 0. The molecule has 0 fully saturated rings. The van der Waals surface area contributed by atoms with E-state index in [2.05, 4.69) is 0 Å². The highest BCUT2D eigenvalue weighted by atomic mass is 14.2. The van der Waals surface area contributed by atoms with Crippen LogP contribution in [0.4, 0.5) is 0 Å². The van der Waals surface area contributed by atoms with Gasteiger partial charge in [-0.05, 0) is 82.9 Å². The van der Waals surface area contributed by atoms with E-state index in [1.807, 2.05) is 0 Å². The van der Waals surface area contributed by atoms with E-state index in [0.717, 1.165) is 0 Å². The molecule has 0 heterocycles. The zero-order valence-electron chi connectivity index (χ0n) is 41.6. The molecule has 8 aromatic rings. The second-order valence-electron chi connectivity index (χ2n) is 9.39. The third kappa shape index (κ3) is 4.08. The maximum absolute atomic E-state index is 9.34. The Kier molecular flexibility index (Phi) is 2.77. The molecule has 0 heteroatoms. The van der Waals surface area contributed by atoms with E-state index < -0.39 is 107 Å². The molecule has 0 radical (unpaired) electrons. The summed E-state index contributed by atoms with van der Waals surface area (Å²) in [6.07, 6.45) is 0. The second kappa shape index (κ2) is 10.2. The number of fused-ring (bicyclic) bond motifs is 3. The van der Waals surface area contributed by atoms with Gasteiger partial charge in [0.25, 0.3) is 0 Å². The number of hydrogen-bond donors (Lipinski definition) is 0. The summed E-state index contributed by atoms with van der Waals surface area (Å²) in [5.41, 5.74) is -0.942. The van der Waals surface area contributed by atoms with E-state index in [9.17, 15) is 2.74 Å². The number of rotatable bonds is 4. The van der Waals surface area contributed by atoms with Crippen LogP contribution in [0.15, 0.2) is 169 Å². The fourth-order valence-electron chi connectivity index (χ4n) is 5.28. The summed E-state index contributed by atoms with van der Waals surface area (Å²) in [5, 5.41) is 1.10. The third-order valence-electron chi connectivity index (χ3n) is 7.09. The molecule has 0 unspecified atom stereocenters. The van der Waals surface area contributed by atoms with Gasteiger partial charge in [0.05, 0.1) is 27.4 Å². The van der Waals surface area contributed by atoms with E-state index in [1.165, 1.54) is 48.5 Å². The molecule has 0 aliphatic heterocycles. The van der Waals surface area contributed by atoms with Crippen molar-refractivity contribution in [2.24, 2.45) is 0 Å².